The fourth-order valence-electron chi connectivity index (χ4n) is 2.00. The van der Waals surface area contributed by atoms with Gasteiger partial charge in [0.2, 0.25) is 10.0 Å². The standard InChI is InChI=1S/C12H23N3O3S/c1-4-11(5-2)14(3)19(17,18)12-9-13-15(10-12)7-6-8-16/h9-11,16H,4-8H2,1-3H3. The largest absolute Gasteiger partial charge is 0.396 e. The smallest absolute Gasteiger partial charge is 0.246 e. The Morgan fingerprint density at radius 2 is 2.05 bits per heavy atom. The molecular weight excluding hydrogens is 266 g/mol. The first kappa shape index (κ1) is 16.1. The second kappa shape index (κ2) is 7.02. The molecule has 1 rings (SSSR count). The first-order valence-corrected chi connectivity index (χ1v) is 8.02. The number of rotatable bonds is 8. The first-order chi connectivity index (χ1) is 8.97. The fraction of sp³-hybridized carbons (Fsp3) is 0.750. The highest BCUT2D eigenvalue weighted by Gasteiger charge is 2.27. The van der Waals surface area contributed by atoms with Crippen molar-refractivity contribution in [3.05, 3.63) is 12.4 Å². The van der Waals surface area contributed by atoms with Gasteiger partial charge in [-0.15, -0.1) is 0 Å². The Hall–Kier alpha value is -0.920. The molecule has 0 unspecified atom stereocenters. The number of aryl methyl sites for hydroxylation is 1. The summed E-state index contributed by atoms with van der Waals surface area (Å²) in [7, 11) is -1.87. The van der Waals surface area contributed by atoms with Crippen LogP contribution in [0.5, 0.6) is 0 Å². The third kappa shape index (κ3) is 3.77. The van der Waals surface area contributed by atoms with Gasteiger partial charge in [0.25, 0.3) is 0 Å². The predicted molar refractivity (Wildman–Crippen MR) is 73.2 cm³/mol. The highest BCUT2D eigenvalue weighted by atomic mass is 32.2. The van der Waals surface area contributed by atoms with Crippen molar-refractivity contribution in [1.82, 2.24) is 14.1 Å². The second-order valence-corrected chi connectivity index (χ2v) is 6.51. The second-order valence-electron chi connectivity index (χ2n) is 4.51. The topological polar surface area (TPSA) is 75.4 Å². The van der Waals surface area contributed by atoms with Gasteiger partial charge in [-0.3, -0.25) is 4.68 Å². The molecule has 0 amide bonds. The molecule has 110 valence electrons. The van der Waals surface area contributed by atoms with Crippen LogP contribution in [0.25, 0.3) is 0 Å². The molecule has 1 N–H and O–H groups in total. The summed E-state index contributed by atoms with van der Waals surface area (Å²) in [5.74, 6) is 0. The molecule has 0 saturated heterocycles. The molecule has 0 aliphatic rings. The molecule has 1 aromatic heterocycles. The first-order valence-electron chi connectivity index (χ1n) is 6.58. The van der Waals surface area contributed by atoms with Gasteiger partial charge in [-0.1, -0.05) is 13.8 Å². The summed E-state index contributed by atoms with van der Waals surface area (Å²) in [6.07, 6.45) is 5.01. The maximum Gasteiger partial charge on any atom is 0.246 e. The van der Waals surface area contributed by atoms with Gasteiger partial charge in [-0.25, -0.2) is 8.42 Å². The van der Waals surface area contributed by atoms with Crippen molar-refractivity contribution >= 4 is 10.0 Å². The van der Waals surface area contributed by atoms with E-state index in [0.717, 1.165) is 12.8 Å². The van der Waals surface area contributed by atoms with Crippen molar-refractivity contribution in [3.8, 4) is 0 Å². The Morgan fingerprint density at radius 3 is 2.58 bits per heavy atom. The molecule has 0 bridgehead atoms. The molecule has 7 heteroatoms. The van der Waals surface area contributed by atoms with E-state index in [1.807, 2.05) is 13.8 Å². The highest BCUT2D eigenvalue weighted by Crippen LogP contribution is 2.18. The molecule has 0 fully saturated rings. The zero-order chi connectivity index (χ0) is 14.5. The summed E-state index contributed by atoms with van der Waals surface area (Å²) >= 11 is 0. The summed E-state index contributed by atoms with van der Waals surface area (Å²) in [4.78, 5) is 0.208. The van der Waals surface area contributed by atoms with Gasteiger partial charge in [0.05, 0.1) is 6.20 Å². The molecule has 1 heterocycles. The fourth-order valence-corrected chi connectivity index (χ4v) is 3.46. The van der Waals surface area contributed by atoms with Crippen molar-refractivity contribution in [2.45, 2.75) is 50.6 Å². The lowest BCUT2D eigenvalue weighted by atomic mass is 10.2. The number of sulfonamides is 1. The van der Waals surface area contributed by atoms with Crippen LogP contribution < -0.4 is 0 Å². The van der Waals surface area contributed by atoms with Crippen LogP contribution in [0.1, 0.15) is 33.1 Å². The van der Waals surface area contributed by atoms with Crippen molar-refractivity contribution in [3.63, 3.8) is 0 Å². The zero-order valence-corrected chi connectivity index (χ0v) is 12.6. The van der Waals surface area contributed by atoms with Crippen molar-refractivity contribution in [2.75, 3.05) is 13.7 Å². The van der Waals surface area contributed by atoms with Crippen LogP contribution in [0.4, 0.5) is 0 Å². The Balaban J connectivity index is 2.90. The molecule has 0 aliphatic heterocycles. The van der Waals surface area contributed by atoms with E-state index < -0.39 is 10.0 Å². The predicted octanol–water partition coefficient (Wildman–Crippen LogP) is 1.07. The minimum atomic E-state index is -3.48. The minimum Gasteiger partial charge on any atom is -0.396 e. The quantitative estimate of drug-likeness (QED) is 0.777. The Kier molecular flexibility index (Phi) is 5.96. The van der Waals surface area contributed by atoms with Crippen LogP contribution in [0.3, 0.4) is 0 Å². The van der Waals surface area contributed by atoms with Gasteiger partial charge in [-0.05, 0) is 19.3 Å². The number of hydrogen-bond acceptors (Lipinski definition) is 4. The van der Waals surface area contributed by atoms with Crippen LogP contribution >= 0.6 is 0 Å². The van der Waals surface area contributed by atoms with Gasteiger partial charge >= 0.3 is 0 Å². The van der Waals surface area contributed by atoms with E-state index in [4.69, 9.17) is 5.11 Å². The number of aromatic nitrogens is 2. The monoisotopic (exact) mass is 289 g/mol. The maximum atomic E-state index is 12.4. The van der Waals surface area contributed by atoms with Crippen LogP contribution in [-0.2, 0) is 16.6 Å². The number of aliphatic hydroxyl groups excluding tert-OH is 1. The third-order valence-corrected chi connectivity index (χ3v) is 5.15. The lowest BCUT2D eigenvalue weighted by Gasteiger charge is -2.24. The maximum absolute atomic E-state index is 12.4. The van der Waals surface area contributed by atoms with Crippen LogP contribution in [-0.4, -0.2) is 47.3 Å². The summed E-state index contributed by atoms with van der Waals surface area (Å²) < 4.78 is 27.8. The molecule has 19 heavy (non-hydrogen) atoms. The molecule has 6 nitrogen and oxygen atoms in total. The van der Waals surface area contributed by atoms with Crippen molar-refractivity contribution in [1.29, 1.82) is 0 Å². The minimum absolute atomic E-state index is 0.00536. The zero-order valence-electron chi connectivity index (χ0n) is 11.8. The number of nitrogens with zero attached hydrogens (tertiary/aromatic N) is 3. The van der Waals surface area contributed by atoms with Crippen LogP contribution in [0.15, 0.2) is 17.3 Å². The molecule has 0 atom stereocenters. The Labute approximate surface area is 115 Å². The van der Waals surface area contributed by atoms with E-state index in [1.54, 1.807) is 11.7 Å². The van der Waals surface area contributed by atoms with E-state index in [0.29, 0.717) is 13.0 Å². The molecule has 0 saturated carbocycles. The SMILES string of the molecule is CCC(CC)N(C)S(=O)(=O)c1cnn(CCCO)c1. The van der Waals surface area contributed by atoms with Gasteiger partial charge in [0, 0.05) is 32.4 Å². The van der Waals surface area contributed by atoms with E-state index in [1.165, 1.54) is 16.7 Å². The van der Waals surface area contributed by atoms with E-state index in [9.17, 15) is 8.42 Å². The van der Waals surface area contributed by atoms with Crippen LogP contribution in [0, 0.1) is 0 Å². The molecular formula is C12H23N3O3S. The average molecular weight is 289 g/mol. The Morgan fingerprint density at radius 1 is 1.42 bits per heavy atom. The molecule has 0 radical (unpaired) electrons. The molecule has 1 aromatic rings. The number of hydrogen-bond donors (Lipinski definition) is 1. The Bertz CT molecular complexity index is 480. The van der Waals surface area contributed by atoms with E-state index in [-0.39, 0.29) is 17.5 Å². The normalized spacial score (nSPS) is 12.5. The summed E-state index contributed by atoms with van der Waals surface area (Å²) in [5.41, 5.74) is 0. The summed E-state index contributed by atoms with van der Waals surface area (Å²) in [5, 5.41) is 12.8. The van der Waals surface area contributed by atoms with E-state index in [2.05, 4.69) is 5.10 Å². The molecule has 0 aromatic carbocycles. The molecule has 0 spiro atoms. The molecule has 0 aliphatic carbocycles. The lowest BCUT2D eigenvalue weighted by Crippen LogP contribution is -2.36. The van der Waals surface area contributed by atoms with Crippen molar-refractivity contribution < 1.29 is 13.5 Å². The van der Waals surface area contributed by atoms with Gasteiger partial charge in [-0.2, -0.15) is 9.40 Å². The van der Waals surface area contributed by atoms with Gasteiger partial charge < -0.3 is 5.11 Å². The van der Waals surface area contributed by atoms with Crippen LogP contribution in [0.2, 0.25) is 0 Å². The highest BCUT2D eigenvalue weighted by molar-refractivity contribution is 7.89. The average Bonchev–Trinajstić information content (AvgIpc) is 2.87. The number of aliphatic hydroxyl groups is 1. The third-order valence-electron chi connectivity index (χ3n) is 3.29. The summed E-state index contributed by atoms with van der Waals surface area (Å²) in [6, 6.07) is 0.00536. The summed E-state index contributed by atoms with van der Waals surface area (Å²) in [6.45, 7) is 4.53. The van der Waals surface area contributed by atoms with Gasteiger partial charge in [0.15, 0.2) is 0 Å². The lowest BCUT2D eigenvalue weighted by molar-refractivity contribution is 0.277. The van der Waals surface area contributed by atoms with E-state index >= 15 is 0 Å². The van der Waals surface area contributed by atoms with Gasteiger partial charge in [0.1, 0.15) is 4.90 Å². The van der Waals surface area contributed by atoms with Crippen molar-refractivity contribution in [2.24, 2.45) is 0 Å².